The van der Waals surface area contributed by atoms with E-state index in [-0.39, 0.29) is 13.2 Å². The molecule has 4 nitrogen and oxygen atoms in total. The van der Waals surface area contributed by atoms with E-state index in [1.165, 1.54) is 25.7 Å². The second-order valence-corrected chi connectivity index (χ2v) is 4.55. The van der Waals surface area contributed by atoms with Crippen molar-refractivity contribution in [3.05, 3.63) is 0 Å². The van der Waals surface area contributed by atoms with Gasteiger partial charge in [0.25, 0.3) is 0 Å². The summed E-state index contributed by atoms with van der Waals surface area (Å²) >= 11 is 0. The molecule has 0 bridgehead atoms. The zero-order chi connectivity index (χ0) is 12.8. The molecule has 0 unspecified atom stereocenters. The van der Waals surface area contributed by atoms with Crippen LogP contribution in [0.15, 0.2) is 0 Å². The van der Waals surface area contributed by atoms with Crippen molar-refractivity contribution in [3.8, 4) is 0 Å². The topological polar surface area (TPSA) is 69.7 Å². The van der Waals surface area contributed by atoms with Gasteiger partial charge in [-0.15, -0.1) is 0 Å². The molecule has 0 aliphatic carbocycles. The van der Waals surface area contributed by atoms with Crippen LogP contribution in [0.5, 0.6) is 0 Å². The van der Waals surface area contributed by atoms with Crippen molar-refractivity contribution >= 4 is 0 Å². The predicted molar refractivity (Wildman–Crippen MR) is 72.0 cm³/mol. The zero-order valence-corrected chi connectivity index (χ0v) is 11.1. The van der Waals surface area contributed by atoms with Crippen molar-refractivity contribution in [2.24, 2.45) is 5.73 Å². The Hall–Kier alpha value is -0.160. The second kappa shape index (κ2) is 13.9. The van der Waals surface area contributed by atoms with Gasteiger partial charge < -0.3 is 20.8 Å². The largest absolute Gasteiger partial charge is 0.396 e. The van der Waals surface area contributed by atoms with Crippen LogP contribution in [0.25, 0.3) is 0 Å². The Kier molecular flexibility index (Phi) is 13.8. The Labute approximate surface area is 106 Å². The fourth-order valence-electron chi connectivity index (χ4n) is 1.93. The molecule has 17 heavy (non-hydrogen) atoms. The second-order valence-electron chi connectivity index (χ2n) is 4.55. The average molecular weight is 246 g/mol. The van der Waals surface area contributed by atoms with Crippen LogP contribution in [0.2, 0.25) is 0 Å². The first-order valence-corrected chi connectivity index (χ1v) is 6.99. The Morgan fingerprint density at radius 1 is 0.647 bits per heavy atom. The maximum absolute atomic E-state index is 8.82. The van der Waals surface area contributed by atoms with Gasteiger partial charge in [-0.1, -0.05) is 19.3 Å². The monoisotopic (exact) mass is 246 g/mol. The number of aliphatic hydroxyl groups is 2. The number of hydrogen-bond donors (Lipinski definition) is 3. The highest BCUT2D eigenvalue weighted by molar-refractivity contribution is 4.58. The summed E-state index contributed by atoms with van der Waals surface area (Å²) in [7, 11) is 0. The number of unbranched alkanes of at least 4 members (excludes halogenated alkanes) is 4. The van der Waals surface area contributed by atoms with E-state index < -0.39 is 0 Å². The lowest BCUT2D eigenvalue weighted by atomic mass is 10.1. The molecular weight excluding hydrogens is 216 g/mol. The molecule has 0 aromatic rings. The molecule has 0 radical (unpaired) electrons. The number of hydrogen-bond acceptors (Lipinski definition) is 4. The molecule has 0 amide bonds. The number of aliphatic hydroxyl groups excluding tert-OH is 2. The summed E-state index contributed by atoms with van der Waals surface area (Å²) in [5.74, 6) is 0. The van der Waals surface area contributed by atoms with Gasteiger partial charge in [0.05, 0.1) is 0 Å². The van der Waals surface area contributed by atoms with Crippen molar-refractivity contribution in [1.29, 1.82) is 0 Å². The summed E-state index contributed by atoms with van der Waals surface area (Å²) in [5, 5.41) is 17.6. The van der Waals surface area contributed by atoms with Gasteiger partial charge in [-0.3, -0.25) is 0 Å². The van der Waals surface area contributed by atoms with E-state index >= 15 is 0 Å². The first-order valence-electron chi connectivity index (χ1n) is 6.99. The molecule has 104 valence electrons. The van der Waals surface area contributed by atoms with E-state index in [1.54, 1.807) is 0 Å². The molecule has 0 aromatic heterocycles. The van der Waals surface area contributed by atoms with Gasteiger partial charge in [0, 0.05) is 26.3 Å². The van der Waals surface area contributed by atoms with Crippen molar-refractivity contribution in [2.45, 2.75) is 44.9 Å². The normalized spacial score (nSPS) is 11.3. The molecule has 0 aliphatic heterocycles. The van der Waals surface area contributed by atoms with Crippen LogP contribution in [-0.2, 0) is 0 Å². The van der Waals surface area contributed by atoms with Gasteiger partial charge >= 0.3 is 0 Å². The van der Waals surface area contributed by atoms with E-state index in [9.17, 15) is 0 Å². The van der Waals surface area contributed by atoms with E-state index in [2.05, 4.69) is 4.90 Å². The van der Waals surface area contributed by atoms with E-state index in [0.29, 0.717) is 0 Å². The van der Waals surface area contributed by atoms with Gasteiger partial charge in [-0.05, 0) is 38.8 Å². The highest BCUT2D eigenvalue weighted by Gasteiger charge is 2.03. The molecule has 0 atom stereocenters. The molecular formula is C13H30N2O2. The Balaban J connectivity index is 3.45. The minimum Gasteiger partial charge on any atom is -0.396 e. The summed E-state index contributed by atoms with van der Waals surface area (Å²) in [6.07, 6.45) is 7.78. The van der Waals surface area contributed by atoms with Crippen LogP contribution in [-0.4, -0.2) is 54.5 Å². The van der Waals surface area contributed by atoms with Crippen molar-refractivity contribution in [3.63, 3.8) is 0 Å². The minimum atomic E-state index is 0.256. The third kappa shape index (κ3) is 12.1. The van der Waals surface area contributed by atoms with Crippen molar-refractivity contribution in [1.82, 2.24) is 4.90 Å². The lowest BCUT2D eigenvalue weighted by molar-refractivity contribution is 0.199. The van der Waals surface area contributed by atoms with Crippen LogP contribution >= 0.6 is 0 Å². The molecule has 0 rings (SSSR count). The maximum atomic E-state index is 8.82. The van der Waals surface area contributed by atoms with Crippen molar-refractivity contribution < 1.29 is 10.2 Å². The summed E-state index contributed by atoms with van der Waals surface area (Å²) in [4.78, 5) is 2.34. The van der Waals surface area contributed by atoms with E-state index in [0.717, 1.165) is 45.4 Å². The summed E-state index contributed by atoms with van der Waals surface area (Å²) in [5.41, 5.74) is 5.45. The van der Waals surface area contributed by atoms with Gasteiger partial charge in [-0.25, -0.2) is 0 Å². The summed E-state index contributed by atoms with van der Waals surface area (Å²) in [6.45, 7) is 4.29. The molecule has 0 heterocycles. The van der Waals surface area contributed by atoms with Crippen LogP contribution < -0.4 is 5.73 Å². The smallest absolute Gasteiger partial charge is 0.0443 e. The van der Waals surface area contributed by atoms with Gasteiger partial charge in [0.1, 0.15) is 0 Å². The third-order valence-electron chi connectivity index (χ3n) is 2.94. The van der Waals surface area contributed by atoms with E-state index in [4.69, 9.17) is 15.9 Å². The maximum Gasteiger partial charge on any atom is 0.0443 e. The fraction of sp³-hybridized carbons (Fsp3) is 1.00. The highest BCUT2D eigenvalue weighted by atomic mass is 16.3. The Morgan fingerprint density at radius 3 is 1.65 bits per heavy atom. The van der Waals surface area contributed by atoms with Crippen LogP contribution in [0.4, 0.5) is 0 Å². The van der Waals surface area contributed by atoms with Gasteiger partial charge in [-0.2, -0.15) is 0 Å². The lowest BCUT2D eigenvalue weighted by Crippen LogP contribution is -2.28. The Bertz CT molecular complexity index is 137. The zero-order valence-electron chi connectivity index (χ0n) is 11.1. The SMILES string of the molecule is NCCCCCCCN(CCCO)CCCO. The van der Waals surface area contributed by atoms with Crippen LogP contribution in [0, 0.1) is 0 Å². The van der Waals surface area contributed by atoms with Gasteiger partial charge in [0.15, 0.2) is 0 Å². The first-order chi connectivity index (χ1) is 8.35. The molecule has 4 heteroatoms. The molecule has 0 aromatic carbocycles. The van der Waals surface area contributed by atoms with Gasteiger partial charge in [0.2, 0.25) is 0 Å². The molecule has 0 saturated heterocycles. The van der Waals surface area contributed by atoms with Crippen molar-refractivity contribution in [2.75, 3.05) is 39.4 Å². The standard InChI is InChI=1S/C13H30N2O2/c14-8-4-2-1-3-5-9-15(10-6-12-16)11-7-13-17/h16-17H,1-14H2. The Morgan fingerprint density at radius 2 is 1.12 bits per heavy atom. The molecule has 4 N–H and O–H groups in total. The fourth-order valence-corrected chi connectivity index (χ4v) is 1.93. The summed E-state index contributed by atoms with van der Waals surface area (Å²) < 4.78 is 0. The molecule has 0 spiro atoms. The lowest BCUT2D eigenvalue weighted by Gasteiger charge is -2.21. The third-order valence-corrected chi connectivity index (χ3v) is 2.94. The predicted octanol–water partition coefficient (Wildman–Crippen LogP) is 0.962. The minimum absolute atomic E-state index is 0.256. The average Bonchev–Trinajstić information content (AvgIpc) is 2.35. The number of rotatable bonds is 13. The number of nitrogens with two attached hydrogens (primary N) is 1. The molecule has 0 saturated carbocycles. The highest BCUT2D eigenvalue weighted by Crippen LogP contribution is 2.04. The molecule has 0 aliphatic rings. The first kappa shape index (κ1) is 16.8. The van der Waals surface area contributed by atoms with Crippen LogP contribution in [0.3, 0.4) is 0 Å². The quantitative estimate of drug-likeness (QED) is 0.423. The number of nitrogens with zero attached hydrogens (tertiary/aromatic N) is 1. The summed E-state index contributed by atoms with van der Waals surface area (Å²) in [6, 6.07) is 0. The van der Waals surface area contributed by atoms with E-state index in [1.807, 2.05) is 0 Å². The van der Waals surface area contributed by atoms with Crippen LogP contribution in [0.1, 0.15) is 44.9 Å². The molecule has 0 fully saturated rings.